The minimum atomic E-state index is 1.26. The van der Waals surface area contributed by atoms with Gasteiger partial charge in [0.2, 0.25) is 0 Å². The van der Waals surface area contributed by atoms with Crippen LogP contribution in [0.5, 0.6) is 0 Å². The van der Waals surface area contributed by atoms with Crippen molar-refractivity contribution in [2.24, 2.45) is 0 Å². The Kier molecular flexibility index (Phi) is 2.91. The molecular formula is C11H13. The van der Waals surface area contributed by atoms with Gasteiger partial charge in [0.1, 0.15) is 0 Å². The molecular weight excluding hydrogens is 132 g/mol. The zero-order valence-corrected chi connectivity index (χ0v) is 7.04. The largest absolute Gasteiger partial charge is 0.0798 e. The molecule has 0 bridgehead atoms. The minimum Gasteiger partial charge on any atom is -0.0798 e. The van der Waals surface area contributed by atoms with E-state index < -0.39 is 0 Å². The fraction of sp³-hybridized carbons (Fsp3) is 0.182. The Balaban J connectivity index is 2.59. The van der Waals surface area contributed by atoms with Gasteiger partial charge in [-0.25, -0.2) is 0 Å². The SMILES string of the molecule is CC(C)=C[CH]c1ccccc1. The molecule has 0 heterocycles. The molecule has 11 heavy (non-hydrogen) atoms. The molecule has 0 atom stereocenters. The van der Waals surface area contributed by atoms with E-state index in [0.717, 1.165) is 0 Å². The average molecular weight is 145 g/mol. The summed E-state index contributed by atoms with van der Waals surface area (Å²) in [7, 11) is 0. The third-order valence-corrected chi connectivity index (χ3v) is 1.41. The second-order valence-electron chi connectivity index (χ2n) is 2.82. The molecule has 0 amide bonds. The predicted octanol–water partition coefficient (Wildman–Crippen LogP) is 3.21. The lowest BCUT2D eigenvalue weighted by Gasteiger charge is -1.94. The molecule has 0 aliphatic heterocycles. The van der Waals surface area contributed by atoms with Crippen molar-refractivity contribution in [2.75, 3.05) is 0 Å². The van der Waals surface area contributed by atoms with Crippen LogP contribution in [0.15, 0.2) is 42.0 Å². The smallest absolute Gasteiger partial charge is 0.0124 e. The third-order valence-electron chi connectivity index (χ3n) is 1.41. The van der Waals surface area contributed by atoms with Crippen LogP contribution in [0.4, 0.5) is 0 Å². The number of hydrogen-bond donors (Lipinski definition) is 0. The van der Waals surface area contributed by atoms with Crippen LogP contribution >= 0.6 is 0 Å². The van der Waals surface area contributed by atoms with Gasteiger partial charge in [-0.05, 0) is 19.4 Å². The molecule has 0 aromatic heterocycles. The molecule has 1 radical (unpaired) electrons. The summed E-state index contributed by atoms with van der Waals surface area (Å²) < 4.78 is 0. The van der Waals surface area contributed by atoms with Gasteiger partial charge in [0.25, 0.3) is 0 Å². The van der Waals surface area contributed by atoms with Crippen LogP contribution < -0.4 is 0 Å². The minimum absolute atomic E-state index is 1.26. The first kappa shape index (κ1) is 8.06. The zero-order chi connectivity index (χ0) is 8.10. The maximum Gasteiger partial charge on any atom is 0.0124 e. The van der Waals surface area contributed by atoms with Gasteiger partial charge < -0.3 is 0 Å². The van der Waals surface area contributed by atoms with E-state index >= 15 is 0 Å². The predicted molar refractivity (Wildman–Crippen MR) is 49.3 cm³/mol. The normalized spacial score (nSPS) is 9.27. The van der Waals surface area contributed by atoms with E-state index in [2.05, 4.69) is 38.5 Å². The lowest BCUT2D eigenvalue weighted by Crippen LogP contribution is -1.76. The van der Waals surface area contributed by atoms with Crippen LogP contribution in [0.2, 0.25) is 0 Å². The van der Waals surface area contributed by atoms with Gasteiger partial charge in [0.05, 0.1) is 0 Å². The molecule has 1 aromatic carbocycles. The van der Waals surface area contributed by atoms with Crippen LogP contribution in [0.1, 0.15) is 19.4 Å². The van der Waals surface area contributed by atoms with Crippen molar-refractivity contribution in [3.05, 3.63) is 54.0 Å². The van der Waals surface area contributed by atoms with E-state index in [1.54, 1.807) is 0 Å². The van der Waals surface area contributed by atoms with Gasteiger partial charge in [0, 0.05) is 6.42 Å². The molecule has 0 nitrogen and oxygen atoms in total. The summed E-state index contributed by atoms with van der Waals surface area (Å²) >= 11 is 0. The van der Waals surface area contributed by atoms with Gasteiger partial charge in [-0.2, -0.15) is 0 Å². The van der Waals surface area contributed by atoms with Crippen LogP contribution in [0.25, 0.3) is 0 Å². The Morgan fingerprint density at radius 2 is 1.73 bits per heavy atom. The Bertz CT molecular complexity index is 227. The van der Waals surface area contributed by atoms with Crippen molar-refractivity contribution < 1.29 is 0 Å². The van der Waals surface area contributed by atoms with Crippen molar-refractivity contribution >= 4 is 0 Å². The highest BCUT2D eigenvalue weighted by Crippen LogP contribution is 2.04. The number of rotatable bonds is 2. The first-order valence-corrected chi connectivity index (χ1v) is 3.82. The molecule has 0 heteroatoms. The van der Waals surface area contributed by atoms with E-state index in [9.17, 15) is 0 Å². The zero-order valence-electron chi connectivity index (χ0n) is 7.04. The second-order valence-corrected chi connectivity index (χ2v) is 2.82. The second kappa shape index (κ2) is 3.97. The van der Waals surface area contributed by atoms with Crippen molar-refractivity contribution in [2.45, 2.75) is 13.8 Å². The van der Waals surface area contributed by atoms with E-state index in [0.29, 0.717) is 0 Å². The van der Waals surface area contributed by atoms with Crippen LogP contribution in [0, 0.1) is 6.42 Å². The van der Waals surface area contributed by atoms with Gasteiger partial charge in [-0.1, -0.05) is 42.0 Å². The van der Waals surface area contributed by atoms with Crippen molar-refractivity contribution in [1.82, 2.24) is 0 Å². The molecule has 1 rings (SSSR count). The first-order chi connectivity index (χ1) is 5.29. The third kappa shape index (κ3) is 3.03. The summed E-state index contributed by atoms with van der Waals surface area (Å²) in [6.07, 6.45) is 4.24. The van der Waals surface area contributed by atoms with E-state index in [4.69, 9.17) is 0 Å². The molecule has 0 saturated carbocycles. The number of hydrogen-bond acceptors (Lipinski definition) is 0. The van der Waals surface area contributed by atoms with Crippen LogP contribution in [-0.4, -0.2) is 0 Å². The summed E-state index contributed by atoms with van der Waals surface area (Å²) in [6, 6.07) is 10.3. The lowest BCUT2D eigenvalue weighted by molar-refractivity contribution is 1.36. The van der Waals surface area contributed by atoms with Crippen molar-refractivity contribution in [3.8, 4) is 0 Å². The fourth-order valence-electron chi connectivity index (χ4n) is 0.827. The fourth-order valence-corrected chi connectivity index (χ4v) is 0.827. The van der Waals surface area contributed by atoms with Crippen LogP contribution in [-0.2, 0) is 0 Å². The average Bonchev–Trinajstić information content (AvgIpc) is 2.03. The summed E-state index contributed by atoms with van der Waals surface area (Å²) in [5.41, 5.74) is 2.59. The highest BCUT2D eigenvalue weighted by atomic mass is 13.9. The molecule has 0 unspecified atom stereocenters. The monoisotopic (exact) mass is 145 g/mol. The van der Waals surface area contributed by atoms with Gasteiger partial charge in [-0.3, -0.25) is 0 Å². The summed E-state index contributed by atoms with van der Waals surface area (Å²) in [6.45, 7) is 4.19. The molecule has 0 spiro atoms. The molecule has 0 aliphatic carbocycles. The maximum atomic E-state index is 2.12. The van der Waals surface area contributed by atoms with Gasteiger partial charge in [-0.15, -0.1) is 0 Å². The molecule has 1 aromatic rings. The lowest BCUT2D eigenvalue weighted by atomic mass is 10.1. The van der Waals surface area contributed by atoms with E-state index in [1.807, 2.05) is 18.2 Å². The topological polar surface area (TPSA) is 0 Å². The molecule has 0 N–H and O–H groups in total. The Morgan fingerprint density at radius 3 is 2.27 bits per heavy atom. The Morgan fingerprint density at radius 1 is 1.09 bits per heavy atom. The standard InChI is InChI=1S/C11H13/c1-10(2)8-9-11-6-4-3-5-7-11/h3-9H,1-2H3. The Hall–Kier alpha value is -1.04. The quantitative estimate of drug-likeness (QED) is 0.599. The molecule has 57 valence electrons. The highest BCUT2D eigenvalue weighted by molar-refractivity contribution is 5.28. The van der Waals surface area contributed by atoms with E-state index in [1.165, 1.54) is 11.1 Å². The first-order valence-electron chi connectivity index (χ1n) is 3.82. The van der Waals surface area contributed by atoms with Crippen molar-refractivity contribution in [3.63, 3.8) is 0 Å². The van der Waals surface area contributed by atoms with Gasteiger partial charge >= 0.3 is 0 Å². The molecule has 0 aliphatic rings. The molecule has 0 fully saturated rings. The van der Waals surface area contributed by atoms with Crippen LogP contribution in [0.3, 0.4) is 0 Å². The summed E-state index contributed by atoms with van der Waals surface area (Å²) in [5, 5.41) is 0. The number of benzene rings is 1. The molecule has 0 saturated heterocycles. The maximum absolute atomic E-state index is 2.12. The summed E-state index contributed by atoms with van der Waals surface area (Å²) in [4.78, 5) is 0. The van der Waals surface area contributed by atoms with Gasteiger partial charge in [0.15, 0.2) is 0 Å². The highest BCUT2D eigenvalue weighted by Gasteiger charge is 1.86. The Labute approximate surface area is 68.6 Å². The van der Waals surface area contributed by atoms with E-state index in [-0.39, 0.29) is 0 Å². The summed E-state index contributed by atoms with van der Waals surface area (Å²) in [5.74, 6) is 0. The van der Waals surface area contributed by atoms with Crippen molar-refractivity contribution in [1.29, 1.82) is 0 Å². The number of allylic oxidation sites excluding steroid dienone is 2.